The highest BCUT2D eigenvalue weighted by molar-refractivity contribution is 4.98. The van der Waals surface area contributed by atoms with Gasteiger partial charge in [0.2, 0.25) is 0 Å². The molecule has 1 saturated heterocycles. The number of hydrogen-bond acceptors (Lipinski definition) is 2. The molecule has 0 amide bonds. The summed E-state index contributed by atoms with van der Waals surface area (Å²) in [6, 6.07) is 0. The Kier molecular flexibility index (Phi) is 13.5. The van der Waals surface area contributed by atoms with Crippen molar-refractivity contribution in [2.24, 2.45) is 47.3 Å². The molecule has 0 aromatic heterocycles. The molecule has 244 valence electrons. The van der Waals surface area contributed by atoms with Gasteiger partial charge in [-0.15, -0.1) is 0 Å². The Morgan fingerprint density at radius 1 is 0.524 bits per heavy atom. The summed E-state index contributed by atoms with van der Waals surface area (Å²) in [5.41, 5.74) is 0. The van der Waals surface area contributed by atoms with Crippen LogP contribution in [0.1, 0.15) is 188 Å². The number of unbranched alkanes of at least 4 members (excludes halogenated alkanes) is 11. The SMILES string of the molecule is CCCCC1COC(CCCCCCCCC2CC2C)(CCCCCCCCC2CC2CC2CC2CC2CC2CC)O1. The van der Waals surface area contributed by atoms with E-state index in [-0.39, 0.29) is 5.79 Å². The second-order valence-corrected chi connectivity index (χ2v) is 16.5. The minimum atomic E-state index is -0.252. The first-order valence-electron chi connectivity index (χ1n) is 19.9. The summed E-state index contributed by atoms with van der Waals surface area (Å²) in [5.74, 6) is 8.63. The van der Waals surface area contributed by atoms with Gasteiger partial charge in [-0.3, -0.25) is 0 Å². The highest BCUT2D eigenvalue weighted by Crippen LogP contribution is 2.58. The van der Waals surface area contributed by atoms with Crippen LogP contribution in [0.25, 0.3) is 0 Å². The van der Waals surface area contributed by atoms with E-state index >= 15 is 0 Å². The maximum Gasteiger partial charge on any atom is 0.168 e. The van der Waals surface area contributed by atoms with Crippen LogP contribution in [-0.2, 0) is 9.47 Å². The molecule has 0 N–H and O–H groups in total. The summed E-state index contributed by atoms with van der Waals surface area (Å²) in [6.07, 6.45) is 37.0. The van der Waals surface area contributed by atoms with E-state index in [2.05, 4.69) is 20.8 Å². The van der Waals surface area contributed by atoms with Crippen LogP contribution in [0.3, 0.4) is 0 Å². The predicted octanol–water partition coefficient (Wildman–Crippen LogP) is 12.3. The average Bonchev–Trinajstić information content (AvgIpc) is 3.88. The molecule has 10 atom stereocenters. The molecule has 4 aliphatic carbocycles. The Morgan fingerprint density at radius 2 is 1.02 bits per heavy atom. The summed E-state index contributed by atoms with van der Waals surface area (Å²) in [7, 11) is 0. The molecule has 2 nitrogen and oxygen atoms in total. The molecule has 0 bridgehead atoms. The molecule has 0 aromatic rings. The molecule has 2 heteroatoms. The zero-order valence-corrected chi connectivity index (χ0v) is 28.6. The van der Waals surface area contributed by atoms with Gasteiger partial charge in [0, 0.05) is 12.8 Å². The van der Waals surface area contributed by atoms with Crippen LogP contribution in [0, 0.1) is 47.3 Å². The summed E-state index contributed by atoms with van der Waals surface area (Å²) in [4.78, 5) is 0. The zero-order chi connectivity index (χ0) is 29.2. The van der Waals surface area contributed by atoms with Gasteiger partial charge in [0.25, 0.3) is 0 Å². The Bertz CT molecular complexity index is 750. The van der Waals surface area contributed by atoms with Gasteiger partial charge >= 0.3 is 0 Å². The van der Waals surface area contributed by atoms with Crippen molar-refractivity contribution >= 4 is 0 Å². The van der Waals surface area contributed by atoms with E-state index in [0.717, 1.165) is 66.8 Å². The molecule has 1 heterocycles. The fourth-order valence-electron chi connectivity index (χ4n) is 9.11. The fourth-order valence-corrected chi connectivity index (χ4v) is 9.11. The van der Waals surface area contributed by atoms with E-state index in [1.54, 1.807) is 32.1 Å². The summed E-state index contributed by atoms with van der Waals surface area (Å²) in [5, 5.41) is 0. The van der Waals surface area contributed by atoms with E-state index in [4.69, 9.17) is 9.47 Å². The number of hydrogen-bond donors (Lipinski definition) is 0. The Balaban J connectivity index is 0.854. The van der Waals surface area contributed by atoms with Crippen molar-refractivity contribution in [2.45, 2.75) is 200 Å². The van der Waals surface area contributed by atoms with Gasteiger partial charge in [-0.25, -0.2) is 0 Å². The van der Waals surface area contributed by atoms with Crippen LogP contribution >= 0.6 is 0 Å². The Morgan fingerprint density at radius 3 is 1.60 bits per heavy atom. The van der Waals surface area contributed by atoms with Gasteiger partial charge in [0.15, 0.2) is 5.79 Å². The smallest absolute Gasteiger partial charge is 0.168 e. The van der Waals surface area contributed by atoms with Crippen LogP contribution in [-0.4, -0.2) is 18.5 Å². The van der Waals surface area contributed by atoms with Gasteiger partial charge in [0.1, 0.15) is 0 Å². The molecule has 0 spiro atoms. The van der Waals surface area contributed by atoms with Crippen molar-refractivity contribution in [2.75, 3.05) is 6.61 Å². The van der Waals surface area contributed by atoms with Crippen molar-refractivity contribution in [3.05, 3.63) is 0 Å². The maximum atomic E-state index is 6.68. The third-order valence-electron chi connectivity index (χ3n) is 12.8. The van der Waals surface area contributed by atoms with Crippen LogP contribution in [0.4, 0.5) is 0 Å². The van der Waals surface area contributed by atoms with Gasteiger partial charge in [-0.05, 0) is 105 Å². The lowest BCUT2D eigenvalue weighted by molar-refractivity contribution is -0.180. The van der Waals surface area contributed by atoms with Crippen LogP contribution in [0.5, 0.6) is 0 Å². The summed E-state index contributed by atoms with van der Waals surface area (Å²) in [6.45, 7) is 7.94. The van der Waals surface area contributed by atoms with Crippen molar-refractivity contribution < 1.29 is 9.47 Å². The minimum Gasteiger partial charge on any atom is -0.347 e. The normalized spacial score (nSPS) is 38.2. The number of rotatable bonds is 26. The van der Waals surface area contributed by atoms with Crippen molar-refractivity contribution in [1.82, 2.24) is 0 Å². The fraction of sp³-hybridized carbons (Fsp3) is 1.00. The predicted molar refractivity (Wildman–Crippen MR) is 179 cm³/mol. The van der Waals surface area contributed by atoms with Gasteiger partial charge in [-0.1, -0.05) is 117 Å². The zero-order valence-electron chi connectivity index (χ0n) is 28.6. The van der Waals surface area contributed by atoms with Crippen LogP contribution in [0.2, 0.25) is 0 Å². The maximum absolute atomic E-state index is 6.68. The van der Waals surface area contributed by atoms with E-state index < -0.39 is 0 Å². The first-order chi connectivity index (χ1) is 20.6. The van der Waals surface area contributed by atoms with Gasteiger partial charge in [0.05, 0.1) is 12.7 Å². The lowest BCUT2D eigenvalue weighted by Gasteiger charge is -2.28. The minimum absolute atomic E-state index is 0.252. The monoisotopic (exact) mass is 585 g/mol. The summed E-state index contributed by atoms with van der Waals surface area (Å²) >= 11 is 0. The second kappa shape index (κ2) is 17.0. The molecule has 42 heavy (non-hydrogen) atoms. The Labute approximate surface area is 262 Å². The molecule has 5 rings (SSSR count). The third-order valence-corrected chi connectivity index (χ3v) is 12.8. The highest BCUT2D eigenvalue weighted by Gasteiger charge is 2.48. The average molecular weight is 585 g/mol. The molecule has 1 aliphatic heterocycles. The van der Waals surface area contributed by atoms with E-state index in [1.165, 1.54) is 122 Å². The molecular formula is C40H72O2. The summed E-state index contributed by atoms with van der Waals surface area (Å²) < 4.78 is 13.2. The first kappa shape index (κ1) is 33.3. The van der Waals surface area contributed by atoms with Crippen LogP contribution < -0.4 is 0 Å². The van der Waals surface area contributed by atoms with Crippen LogP contribution in [0.15, 0.2) is 0 Å². The quantitative estimate of drug-likeness (QED) is 0.0941. The van der Waals surface area contributed by atoms with Crippen molar-refractivity contribution in [3.63, 3.8) is 0 Å². The first-order valence-corrected chi connectivity index (χ1v) is 19.9. The standard InChI is InChI=1S/C40H72O2/c1-4-6-21-39-30-41-40(42-39,22-17-13-9-7-11-15-19-33-24-31(33)3)23-18-14-10-8-12-16-20-34-26-36(34)28-38-29-37(38)27-35-25-32(35)5-2/h31-39H,4-30H2,1-3H3. The lowest BCUT2D eigenvalue weighted by Crippen LogP contribution is -2.31. The third kappa shape index (κ3) is 11.4. The van der Waals surface area contributed by atoms with Crippen molar-refractivity contribution in [3.8, 4) is 0 Å². The molecule has 4 saturated carbocycles. The highest BCUT2D eigenvalue weighted by atomic mass is 16.7. The molecular weight excluding hydrogens is 512 g/mol. The molecule has 5 fully saturated rings. The van der Waals surface area contributed by atoms with E-state index in [0.29, 0.717) is 6.10 Å². The topological polar surface area (TPSA) is 18.5 Å². The molecule has 5 aliphatic rings. The van der Waals surface area contributed by atoms with E-state index in [9.17, 15) is 0 Å². The van der Waals surface area contributed by atoms with Gasteiger partial charge in [-0.2, -0.15) is 0 Å². The molecule has 0 radical (unpaired) electrons. The molecule has 0 aromatic carbocycles. The number of ether oxygens (including phenoxy) is 2. The Hall–Kier alpha value is -0.0800. The molecule has 10 unspecified atom stereocenters. The second-order valence-electron chi connectivity index (χ2n) is 16.5. The van der Waals surface area contributed by atoms with Gasteiger partial charge < -0.3 is 9.47 Å². The van der Waals surface area contributed by atoms with Crippen molar-refractivity contribution in [1.29, 1.82) is 0 Å². The lowest BCUT2D eigenvalue weighted by atomic mass is 9.98. The van der Waals surface area contributed by atoms with E-state index in [1.807, 2.05) is 0 Å². The largest absolute Gasteiger partial charge is 0.347 e.